The number of amides is 9. The molecule has 0 aromatic carbocycles. The van der Waals surface area contributed by atoms with E-state index in [1.54, 1.807) is 6.92 Å². The first-order valence-electron chi connectivity index (χ1n) is 19.0. The van der Waals surface area contributed by atoms with Crippen LogP contribution in [0.4, 0.5) is 0 Å². The van der Waals surface area contributed by atoms with Crippen LogP contribution in [0.15, 0.2) is 0 Å². The number of aliphatic hydroxyl groups is 1. The van der Waals surface area contributed by atoms with Gasteiger partial charge in [-0.3, -0.25) is 52.7 Å². The van der Waals surface area contributed by atoms with Crippen LogP contribution in [0.3, 0.4) is 0 Å². The van der Waals surface area contributed by atoms with E-state index in [4.69, 9.17) is 22.3 Å². The van der Waals surface area contributed by atoms with Gasteiger partial charge in [-0.25, -0.2) is 4.79 Å². The van der Waals surface area contributed by atoms with Gasteiger partial charge in [0.25, 0.3) is 0 Å². The van der Waals surface area contributed by atoms with Crippen LogP contribution < -0.4 is 54.4 Å². The second-order valence-corrected chi connectivity index (χ2v) is 14.4. The van der Waals surface area contributed by atoms with Gasteiger partial charge in [0.05, 0.1) is 31.5 Å². The number of carboxylic acid groups (broad SMARTS) is 3. The summed E-state index contributed by atoms with van der Waals surface area (Å²) in [5.41, 5.74) is 16.0. The number of hydrogen-bond acceptors (Lipinski definition) is 14. The molecule has 0 unspecified atom stereocenters. The van der Waals surface area contributed by atoms with E-state index in [9.17, 15) is 72.9 Å². The number of nitrogens with one attached hydrogen (secondary N) is 7. The van der Waals surface area contributed by atoms with E-state index in [1.165, 1.54) is 20.8 Å². The number of rotatable bonds is 29. The fourth-order valence-corrected chi connectivity index (χ4v) is 5.24. The van der Waals surface area contributed by atoms with E-state index in [1.807, 2.05) is 5.32 Å². The van der Waals surface area contributed by atoms with Crippen LogP contribution in [-0.2, 0) is 57.5 Å². The van der Waals surface area contributed by atoms with E-state index in [0.29, 0.717) is 0 Å². The number of carbonyl (C=O) groups is 12. The minimum atomic E-state index is -1.87. The number of aliphatic hydroxyl groups excluding tert-OH is 1. The molecule has 0 fully saturated rings. The average Bonchev–Trinajstić information content (AvgIpc) is 3.14. The molecular formula is C35H58N10O16. The molecule has 61 heavy (non-hydrogen) atoms. The summed E-state index contributed by atoms with van der Waals surface area (Å²) in [5, 5.41) is 52.8. The highest BCUT2D eigenvalue weighted by Gasteiger charge is 2.37. The van der Waals surface area contributed by atoms with Gasteiger partial charge in [0.15, 0.2) is 6.04 Å². The summed E-state index contributed by atoms with van der Waals surface area (Å²) in [6, 6.07) is -11.4. The van der Waals surface area contributed by atoms with Crippen LogP contribution >= 0.6 is 0 Å². The number of carbonyl (C=O) groups excluding carboxylic acids is 9. The quantitative estimate of drug-likeness (QED) is 0.0333. The summed E-state index contributed by atoms with van der Waals surface area (Å²) in [5.74, 6) is -15.2. The molecule has 0 spiro atoms. The van der Waals surface area contributed by atoms with Gasteiger partial charge in [0.1, 0.15) is 30.2 Å². The van der Waals surface area contributed by atoms with Gasteiger partial charge in [-0.1, -0.05) is 34.1 Å². The third kappa shape index (κ3) is 20.9. The number of carboxylic acids is 3. The Bertz CT molecular complexity index is 1640. The van der Waals surface area contributed by atoms with Crippen molar-refractivity contribution < 1.29 is 78.0 Å². The molecule has 0 saturated heterocycles. The normalized spacial score (nSPS) is 15.3. The monoisotopic (exact) mass is 874 g/mol. The van der Waals surface area contributed by atoms with E-state index in [-0.39, 0.29) is 12.8 Å². The van der Waals surface area contributed by atoms with Crippen LogP contribution in [0, 0.1) is 11.8 Å². The van der Waals surface area contributed by atoms with Crippen molar-refractivity contribution >= 4 is 71.1 Å². The first-order valence-corrected chi connectivity index (χ1v) is 19.0. The van der Waals surface area contributed by atoms with Crippen molar-refractivity contribution in [1.82, 2.24) is 37.2 Å². The number of aliphatic carboxylic acids is 3. The molecule has 0 radical (unpaired) electrons. The Morgan fingerprint density at radius 1 is 0.541 bits per heavy atom. The van der Waals surface area contributed by atoms with Crippen molar-refractivity contribution in [1.29, 1.82) is 0 Å². The molecular weight excluding hydrogens is 816 g/mol. The Balaban J connectivity index is 6.33. The molecule has 26 heteroatoms. The van der Waals surface area contributed by atoms with Crippen molar-refractivity contribution in [3.8, 4) is 0 Å². The summed E-state index contributed by atoms with van der Waals surface area (Å²) < 4.78 is 0. The van der Waals surface area contributed by atoms with Crippen LogP contribution in [0.2, 0.25) is 0 Å². The third-order valence-electron chi connectivity index (χ3n) is 8.89. The van der Waals surface area contributed by atoms with Crippen molar-refractivity contribution in [2.24, 2.45) is 29.0 Å². The van der Waals surface area contributed by atoms with Crippen molar-refractivity contribution in [3.63, 3.8) is 0 Å². The van der Waals surface area contributed by atoms with Gasteiger partial charge in [-0.15, -0.1) is 0 Å². The number of hydrogen-bond donors (Lipinski definition) is 14. The van der Waals surface area contributed by atoms with E-state index in [2.05, 4.69) is 31.9 Å². The lowest BCUT2D eigenvalue weighted by atomic mass is 9.95. The maximum atomic E-state index is 13.7. The lowest BCUT2D eigenvalue weighted by Crippen LogP contribution is -2.62. The standard InChI is InChI=1S/C35H58N10O16/c1-6-15(4)27(34(59)42-20(12-22(38)48)32(57)41-19(8-10-24(50)51)31(56)45-28(16(5)46)35(60)61)44-33(58)26(14(2)3)43-30(55)18(7-9-21(37)47)40-23(49)13-39-29(54)17(36)11-25(52)53/h14-20,26-28,46H,6-13,36H2,1-5H3,(H2,37,47)(H2,38,48)(H,39,54)(H,40,49)(H,41,57)(H,42,59)(H,43,55)(H,44,58)(H,45,56)(H,50,51)(H,52,53)(H,60,61)/t15-,16+,17-,18-,19-,20-,26-,27-,28-/m0/s1. The fourth-order valence-electron chi connectivity index (χ4n) is 5.24. The maximum Gasteiger partial charge on any atom is 0.328 e. The summed E-state index contributed by atoms with van der Waals surface area (Å²) in [6.45, 7) is 6.50. The summed E-state index contributed by atoms with van der Waals surface area (Å²) in [6.07, 6.45) is -5.10. The topological polar surface area (TPSA) is 448 Å². The third-order valence-corrected chi connectivity index (χ3v) is 8.89. The zero-order chi connectivity index (χ0) is 47.3. The van der Waals surface area contributed by atoms with Gasteiger partial charge in [0.2, 0.25) is 53.2 Å². The first kappa shape index (κ1) is 54.6. The molecule has 26 nitrogen and oxygen atoms in total. The highest BCUT2D eigenvalue weighted by molar-refractivity contribution is 5.98. The van der Waals surface area contributed by atoms with E-state index in [0.717, 1.165) is 6.92 Å². The minimum absolute atomic E-state index is 0.230. The molecule has 0 rings (SSSR count). The second-order valence-electron chi connectivity index (χ2n) is 14.4. The summed E-state index contributed by atoms with van der Waals surface area (Å²) >= 11 is 0. The Kier molecular flexibility index (Phi) is 23.8. The molecule has 9 atom stereocenters. The highest BCUT2D eigenvalue weighted by Crippen LogP contribution is 2.12. The van der Waals surface area contributed by atoms with Gasteiger partial charge in [0, 0.05) is 12.8 Å². The lowest BCUT2D eigenvalue weighted by molar-refractivity contribution is -0.145. The summed E-state index contributed by atoms with van der Waals surface area (Å²) in [7, 11) is 0. The lowest BCUT2D eigenvalue weighted by Gasteiger charge is -2.30. The maximum absolute atomic E-state index is 13.7. The molecule has 0 bridgehead atoms. The molecule has 0 aromatic rings. The van der Waals surface area contributed by atoms with Crippen molar-refractivity contribution in [3.05, 3.63) is 0 Å². The number of nitrogens with two attached hydrogens (primary N) is 3. The van der Waals surface area contributed by atoms with Crippen LogP contribution in [0.25, 0.3) is 0 Å². The predicted octanol–water partition coefficient (Wildman–Crippen LogP) is -6.01. The fraction of sp³-hybridized carbons (Fsp3) is 0.657. The van der Waals surface area contributed by atoms with Crippen molar-refractivity contribution in [2.75, 3.05) is 6.54 Å². The molecule has 0 aliphatic carbocycles. The van der Waals surface area contributed by atoms with Crippen LogP contribution in [0.5, 0.6) is 0 Å². The Morgan fingerprint density at radius 3 is 1.48 bits per heavy atom. The highest BCUT2D eigenvalue weighted by atomic mass is 16.4. The number of primary amides is 2. The zero-order valence-electron chi connectivity index (χ0n) is 34.4. The van der Waals surface area contributed by atoms with Gasteiger partial charge in [-0.2, -0.15) is 0 Å². The molecule has 0 saturated carbocycles. The first-order chi connectivity index (χ1) is 28.2. The Morgan fingerprint density at radius 2 is 1.02 bits per heavy atom. The van der Waals surface area contributed by atoms with E-state index < -0.39 is 170 Å². The summed E-state index contributed by atoms with van der Waals surface area (Å²) in [4.78, 5) is 149. The van der Waals surface area contributed by atoms with Crippen LogP contribution in [-0.4, -0.2) is 146 Å². The zero-order valence-corrected chi connectivity index (χ0v) is 34.4. The SMILES string of the molecule is CC[C@H](C)[C@H](NC(=O)[C@@H](NC(=O)[C@H](CCC(N)=O)NC(=O)CNC(=O)[C@@H](N)CC(=O)O)C(C)C)C(=O)N[C@@H](CC(N)=O)C(=O)N[C@@H](CCC(=O)O)C(=O)N[C@H](C(=O)O)[C@@H](C)O. The molecule has 9 amide bonds. The predicted molar refractivity (Wildman–Crippen MR) is 208 cm³/mol. The largest absolute Gasteiger partial charge is 0.481 e. The molecule has 0 aliphatic heterocycles. The second kappa shape index (κ2) is 26.6. The van der Waals surface area contributed by atoms with Gasteiger partial charge >= 0.3 is 17.9 Å². The molecule has 17 N–H and O–H groups in total. The molecule has 344 valence electrons. The average molecular weight is 875 g/mol. The van der Waals surface area contributed by atoms with E-state index >= 15 is 0 Å². The van der Waals surface area contributed by atoms with Gasteiger partial charge < -0.3 is 74.8 Å². The van der Waals surface area contributed by atoms with Crippen molar-refractivity contribution in [2.45, 2.75) is 128 Å². The van der Waals surface area contributed by atoms with Crippen LogP contribution in [0.1, 0.15) is 79.6 Å². The van der Waals surface area contributed by atoms with Gasteiger partial charge in [-0.05, 0) is 31.6 Å². The Hall–Kier alpha value is -6.44. The molecule has 0 aromatic heterocycles. The Labute approximate surface area is 349 Å². The molecule has 0 aliphatic rings. The molecule has 0 heterocycles. The smallest absolute Gasteiger partial charge is 0.328 e. The minimum Gasteiger partial charge on any atom is -0.481 e.